The maximum absolute atomic E-state index is 12.7. The molecule has 1 amide bonds. The topological polar surface area (TPSA) is 66.4 Å². The number of carboxylic acids is 1. The number of carbonyl (C=O) groups is 2. The molecule has 1 aromatic carbocycles. The first-order valence-electron chi connectivity index (χ1n) is 7.64. The van der Waals surface area contributed by atoms with Gasteiger partial charge in [0.1, 0.15) is 5.54 Å². The maximum Gasteiger partial charge on any atom is 0.329 e. The Morgan fingerprint density at radius 3 is 2.58 bits per heavy atom. The number of fused-ring (bicyclic) bond motifs is 3. The van der Waals surface area contributed by atoms with E-state index in [2.05, 4.69) is 17.4 Å². The highest BCUT2D eigenvalue weighted by Gasteiger charge is 2.41. The number of hydrogen-bond acceptors (Lipinski definition) is 5. The van der Waals surface area contributed by atoms with E-state index >= 15 is 0 Å². The average molecular weight is 378 g/mol. The van der Waals surface area contributed by atoms with Crippen molar-refractivity contribution in [2.75, 3.05) is 11.5 Å². The van der Waals surface area contributed by atoms with Crippen LogP contribution in [0.3, 0.4) is 0 Å². The zero-order chi connectivity index (χ0) is 16.7. The highest BCUT2D eigenvalue weighted by Crippen LogP contribution is 2.39. The van der Waals surface area contributed by atoms with Gasteiger partial charge < -0.3 is 10.4 Å². The molecule has 1 fully saturated rings. The number of rotatable bonds is 3. The van der Waals surface area contributed by atoms with Crippen LogP contribution in [0.4, 0.5) is 0 Å². The molecule has 1 aliphatic rings. The molecule has 2 aromatic heterocycles. The van der Waals surface area contributed by atoms with Crippen molar-refractivity contribution in [3.8, 4) is 0 Å². The van der Waals surface area contributed by atoms with Crippen LogP contribution in [0.2, 0.25) is 0 Å². The van der Waals surface area contributed by atoms with Crippen LogP contribution >= 0.6 is 34.4 Å². The number of carbonyl (C=O) groups excluding carboxylic acids is 1. The number of nitrogens with one attached hydrogen (secondary N) is 1. The third kappa shape index (κ3) is 2.60. The summed E-state index contributed by atoms with van der Waals surface area (Å²) in [7, 11) is 0. The van der Waals surface area contributed by atoms with Crippen LogP contribution in [0.25, 0.3) is 19.5 Å². The fourth-order valence-corrected chi connectivity index (χ4v) is 6.61. The van der Waals surface area contributed by atoms with E-state index < -0.39 is 11.5 Å². The van der Waals surface area contributed by atoms with Gasteiger partial charge >= 0.3 is 5.97 Å². The van der Waals surface area contributed by atoms with E-state index in [1.54, 1.807) is 23.1 Å². The predicted octanol–water partition coefficient (Wildman–Crippen LogP) is 4.20. The van der Waals surface area contributed by atoms with Crippen LogP contribution in [0.15, 0.2) is 30.3 Å². The second-order valence-electron chi connectivity index (χ2n) is 5.86. The second kappa shape index (κ2) is 6.06. The Labute approximate surface area is 150 Å². The molecule has 3 heterocycles. The van der Waals surface area contributed by atoms with Gasteiger partial charge in [-0.3, -0.25) is 4.79 Å². The second-order valence-corrected chi connectivity index (χ2v) is 9.22. The molecule has 0 unspecified atom stereocenters. The molecule has 0 atom stereocenters. The predicted molar refractivity (Wildman–Crippen MR) is 102 cm³/mol. The standard InChI is InChI=1S/C17H15NO3S3/c19-15(18-17(16(20)21)5-7-22-8-6-17)13-9-12-14(24-13)10-3-1-2-4-11(10)23-12/h1-4,9H,5-8H2,(H,18,19)(H,20,21). The number of amides is 1. The summed E-state index contributed by atoms with van der Waals surface area (Å²) in [5.41, 5.74) is -1.12. The van der Waals surface area contributed by atoms with E-state index in [0.29, 0.717) is 17.7 Å². The molecule has 24 heavy (non-hydrogen) atoms. The van der Waals surface area contributed by atoms with Gasteiger partial charge in [0.05, 0.1) is 9.58 Å². The zero-order valence-electron chi connectivity index (χ0n) is 12.7. The molecule has 0 aliphatic carbocycles. The van der Waals surface area contributed by atoms with Gasteiger partial charge in [-0.05, 0) is 36.5 Å². The van der Waals surface area contributed by atoms with E-state index in [-0.39, 0.29) is 5.91 Å². The minimum absolute atomic E-state index is 0.276. The van der Waals surface area contributed by atoms with Gasteiger partial charge in [-0.25, -0.2) is 4.79 Å². The van der Waals surface area contributed by atoms with E-state index in [1.165, 1.54) is 16.0 Å². The summed E-state index contributed by atoms with van der Waals surface area (Å²) in [4.78, 5) is 25.0. The van der Waals surface area contributed by atoms with E-state index in [1.807, 2.05) is 18.2 Å². The highest BCUT2D eigenvalue weighted by atomic mass is 32.2. The molecule has 1 aliphatic heterocycles. The number of thiophene rings is 2. The van der Waals surface area contributed by atoms with Crippen LogP contribution in [0.1, 0.15) is 22.5 Å². The average Bonchev–Trinajstić information content (AvgIpc) is 3.13. The van der Waals surface area contributed by atoms with Crippen molar-refractivity contribution in [2.45, 2.75) is 18.4 Å². The summed E-state index contributed by atoms with van der Waals surface area (Å²) in [6, 6.07) is 10.0. The third-order valence-electron chi connectivity index (χ3n) is 4.38. The van der Waals surface area contributed by atoms with Crippen molar-refractivity contribution in [2.24, 2.45) is 0 Å². The van der Waals surface area contributed by atoms with Gasteiger partial charge in [0, 0.05) is 14.8 Å². The first kappa shape index (κ1) is 15.9. The van der Waals surface area contributed by atoms with Gasteiger partial charge in [0.2, 0.25) is 0 Å². The summed E-state index contributed by atoms with van der Waals surface area (Å²) < 4.78 is 3.39. The molecular weight excluding hydrogens is 362 g/mol. The first-order valence-corrected chi connectivity index (χ1v) is 10.4. The number of benzene rings is 1. The molecule has 4 nitrogen and oxygen atoms in total. The van der Waals surface area contributed by atoms with Crippen molar-refractivity contribution < 1.29 is 14.7 Å². The maximum atomic E-state index is 12.7. The van der Waals surface area contributed by atoms with Crippen LogP contribution in [-0.2, 0) is 4.79 Å². The zero-order valence-corrected chi connectivity index (χ0v) is 15.2. The van der Waals surface area contributed by atoms with Gasteiger partial charge in [-0.2, -0.15) is 11.8 Å². The van der Waals surface area contributed by atoms with Crippen molar-refractivity contribution in [3.05, 3.63) is 35.2 Å². The number of aliphatic carboxylic acids is 1. The summed E-state index contributed by atoms with van der Waals surface area (Å²) in [6.45, 7) is 0. The molecule has 0 spiro atoms. The number of thioether (sulfide) groups is 1. The minimum Gasteiger partial charge on any atom is -0.480 e. The summed E-state index contributed by atoms with van der Waals surface area (Å²) in [6.07, 6.45) is 0.947. The Morgan fingerprint density at radius 2 is 1.83 bits per heavy atom. The molecule has 7 heteroatoms. The van der Waals surface area contributed by atoms with Gasteiger partial charge in [-0.15, -0.1) is 22.7 Å². The van der Waals surface area contributed by atoms with E-state index in [4.69, 9.17) is 0 Å². The van der Waals surface area contributed by atoms with Crippen LogP contribution in [0.5, 0.6) is 0 Å². The van der Waals surface area contributed by atoms with Crippen molar-refractivity contribution in [3.63, 3.8) is 0 Å². The largest absolute Gasteiger partial charge is 0.480 e. The Morgan fingerprint density at radius 1 is 1.08 bits per heavy atom. The van der Waals surface area contributed by atoms with Gasteiger partial charge in [0.15, 0.2) is 0 Å². The molecule has 0 radical (unpaired) electrons. The fourth-order valence-electron chi connectivity index (χ4n) is 3.00. The van der Waals surface area contributed by atoms with Crippen LogP contribution < -0.4 is 5.32 Å². The molecule has 4 rings (SSSR count). The Balaban J connectivity index is 1.66. The number of hydrogen-bond donors (Lipinski definition) is 2. The van der Waals surface area contributed by atoms with Crippen LogP contribution in [0, 0.1) is 0 Å². The van der Waals surface area contributed by atoms with E-state index in [0.717, 1.165) is 26.3 Å². The first-order chi connectivity index (χ1) is 11.6. The van der Waals surface area contributed by atoms with Crippen molar-refractivity contribution in [1.82, 2.24) is 5.32 Å². The summed E-state index contributed by atoms with van der Waals surface area (Å²) >= 11 is 4.84. The molecule has 0 bridgehead atoms. The lowest BCUT2D eigenvalue weighted by Gasteiger charge is -2.33. The molecule has 2 N–H and O–H groups in total. The Hall–Kier alpha value is -1.57. The highest BCUT2D eigenvalue weighted by molar-refractivity contribution is 7.99. The fraction of sp³-hybridized carbons (Fsp3) is 0.294. The lowest BCUT2D eigenvalue weighted by Crippen LogP contribution is -2.56. The Kier molecular flexibility index (Phi) is 4.02. The third-order valence-corrected chi connectivity index (χ3v) is 7.78. The monoisotopic (exact) mass is 377 g/mol. The number of carboxylic acid groups (broad SMARTS) is 1. The SMILES string of the molecule is O=C(NC1(C(=O)O)CCSCC1)c1cc2sc3ccccc3c2s1. The summed E-state index contributed by atoms with van der Waals surface area (Å²) in [5, 5.41) is 13.6. The van der Waals surface area contributed by atoms with E-state index in [9.17, 15) is 14.7 Å². The molecular formula is C17H15NO3S3. The molecule has 0 saturated carbocycles. The minimum atomic E-state index is -1.12. The molecule has 3 aromatic rings. The molecule has 124 valence electrons. The quantitative estimate of drug-likeness (QED) is 0.718. The normalized spacial score (nSPS) is 17.2. The molecule has 1 saturated heterocycles. The van der Waals surface area contributed by atoms with Gasteiger partial charge in [-0.1, -0.05) is 18.2 Å². The summed E-state index contributed by atoms with van der Waals surface area (Å²) in [5.74, 6) is 0.315. The van der Waals surface area contributed by atoms with Gasteiger partial charge in [0.25, 0.3) is 5.91 Å². The smallest absolute Gasteiger partial charge is 0.329 e. The lowest BCUT2D eigenvalue weighted by molar-refractivity contribution is -0.144. The van der Waals surface area contributed by atoms with Crippen molar-refractivity contribution >= 4 is 65.8 Å². The lowest BCUT2D eigenvalue weighted by atomic mass is 9.92. The Bertz CT molecular complexity index is 937. The van der Waals surface area contributed by atoms with Crippen molar-refractivity contribution in [1.29, 1.82) is 0 Å². The van der Waals surface area contributed by atoms with Crippen LogP contribution in [-0.4, -0.2) is 34.0 Å².